The van der Waals surface area contributed by atoms with Crippen molar-refractivity contribution in [2.24, 2.45) is 5.92 Å². The lowest BCUT2D eigenvalue weighted by Crippen LogP contribution is -2.23. The van der Waals surface area contributed by atoms with Crippen LogP contribution in [-0.2, 0) is 11.2 Å². The van der Waals surface area contributed by atoms with Crippen molar-refractivity contribution < 1.29 is 9.53 Å². The van der Waals surface area contributed by atoms with E-state index in [1.807, 2.05) is 45.0 Å². The Labute approximate surface area is 228 Å². The highest BCUT2D eigenvalue weighted by atomic mass is 16.6. The second-order valence-corrected chi connectivity index (χ2v) is 11.4. The monoisotopic (exact) mass is 504 g/mol. The van der Waals surface area contributed by atoms with Gasteiger partial charge in [-0.3, -0.25) is 0 Å². The number of hydrogen-bond acceptors (Lipinski definition) is 2. The summed E-state index contributed by atoms with van der Waals surface area (Å²) in [5.41, 5.74) is 11.3. The molecule has 0 N–H and O–H groups in total. The molecule has 4 rings (SSSR count). The molecule has 0 heterocycles. The number of hydrogen-bond donors (Lipinski definition) is 0. The van der Waals surface area contributed by atoms with Crippen molar-refractivity contribution in [3.05, 3.63) is 136 Å². The molecule has 2 aromatic rings. The molecule has 0 saturated heterocycles. The topological polar surface area (TPSA) is 26.3 Å². The predicted octanol–water partition coefficient (Wildman–Crippen LogP) is 9.38. The van der Waals surface area contributed by atoms with Crippen LogP contribution >= 0.6 is 0 Å². The standard InChI is InChI=1S/C36H40O2/c1-8-28(34-24(2)13-12-14-25(34)3)22-33-26(4)32(23-31(33)21-27-15-10-9-11-16-27)29-17-19-30(20-18-29)35(37)38-36(5,6)7/h8-11,13,15-20,22-23,31H,4,12,14,21H2,1-3,5-7H3/b28-8+,33-22+. The molecule has 1 atom stereocenters. The van der Waals surface area contributed by atoms with E-state index >= 15 is 0 Å². The number of esters is 1. The fourth-order valence-corrected chi connectivity index (χ4v) is 5.41. The van der Waals surface area contributed by atoms with Crippen LogP contribution in [0.2, 0.25) is 0 Å². The van der Waals surface area contributed by atoms with E-state index in [1.165, 1.54) is 33.4 Å². The summed E-state index contributed by atoms with van der Waals surface area (Å²) in [5, 5.41) is 0. The summed E-state index contributed by atoms with van der Waals surface area (Å²) < 4.78 is 5.55. The van der Waals surface area contributed by atoms with Gasteiger partial charge in [-0.05, 0) is 118 Å². The molecule has 2 aliphatic carbocycles. The minimum Gasteiger partial charge on any atom is -0.456 e. The molecular weight excluding hydrogens is 464 g/mol. The van der Waals surface area contributed by atoms with Crippen molar-refractivity contribution in [2.45, 2.75) is 66.4 Å². The van der Waals surface area contributed by atoms with Crippen LogP contribution in [0.5, 0.6) is 0 Å². The van der Waals surface area contributed by atoms with Crippen molar-refractivity contribution >= 4 is 11.5 Å². The molecule has 0 fully saturated rings. The van der Waals surface area contributed by atoms with Gasteiger partial charge in [-0.15, -0.1) is 0 Å². The van der Waals surface area contributed by atoms with Crippen LogP contribution < -0.4 is 0 Å². The summed E-state index contributed by atoms with van der Waals surface area (Å²) in [4.78, 5) is 12.5. The largest absolute Gasteiger partial charge is 0.456 e. The van der Waals surface area contributed by atoms with E-state index in [2.05, 4.69) is 82.0 Å². The molecule has 0 saturated carbocycles. The molecule has 2 heteroatoms. The van der Waals surface area contributed by atoms with Crippen LogP contribution in [0.15, 0.2) is 119 Å². The second kappa shape index (κ2) is 11.4. The molecule has 2 aliphatic rings. The molecule has 2 aromatic carbocycles. The van der Waals surface area contributed by atoms with Crippen LogP contribution in [0.4, 0.5) is 0 Å². The molecule has 0 aromatic heterocycles. The Morgan fingerprint density at radius 3 is 2.34 bits per heavy atom. The van der Waals surface area contributed by atoms with Gasteiger partial charge < -0.3 is 4.74 Å². The Bertz CT molecular complexity index is 1370. The number of rotatable bonds is 6. The van der Waals surface area contributed by atoms with E-state index in [-0.39, 0.29) is 11.9 Å². The Balaban J connectivity index is 1.70. The first-order valence-electron chi connectivity index (χ1n) is 13.6. The van der Waals surface area contributed by atoms with Crippen LogP contribution in [0.25, 0.3) is 5.57 Å². The van der Waals surface area contributed by atoms with Crippen molar-refractivity contribution in [1.82, 2.24) is 0 Å². The molecular formula is C36H40O2. The summed E-state index contributed by atoms with van der Waals surface area (Å²) in [6.07, 6.45) is 12.4. The predicted molar refractivity (Wildman–Crippen MR) is 160 cm³/mol. The zero-order valence-corrected chi connectivity index (χ0v) is 23.7. The highest BCUT2D eigenvalue weighted by molar-refractivity contribution is 5.92. The van der Waals surface area contributed by atoms with Gasteiger partial charge in [0.15, 0.2) is 0 Å². The van der Waals surface area contributed by atoms with E-state index < -0.39 is 5.60 Å². The Morgan fingerprint density at radius 2 is 1.74 bits per heavy atom. The number of ether oxygens (including phenoxy) is 1. The zero-order valence-electron chi connectivity index (χ0n) is 23.7. The zero-order chi connectivity index (χ0) is 27.4. The smallest absolute Gasteiger partial charge is 0.338 e. The van der Waals surface area contributed by atoms with Gasteiger partial charge in [-0.2, -0.15) is 0 Å². The molecule has 0 amide bonds. The molecule has 0 radical (unpaired) electrons. The molecule has 38 heavy (non-hydrogen) atoms. The molecule has 0 aliphatic heterocycles. The van der Waals surface area contributed by atoms with Gasteiger partial charge in [0.1, 0.15) is 5.60 Å². The maximum atomic E-state index is 12.5. The fraction of sp³-hybridized carbons (Fsp3) is 0.306. The van der Waals surface area contributed by atoms with Crippen molar-refractivity contribution in [1.29, 1.82) is 0 Å². The Hall–Kier alpha value is -3.65. The highest BCUT2D eigenvalue weighted by Crippen LogP contribution is 2.43. The van der Waals surface area contributed by atoms with Crippen LogP contribution in [-0.4, -0.2) is 11.6 Å². The molecule has 196 valence electrons. The number of allylic oxidation sites excluding steroid dienone is 11. The maximum absolute atomic E-state index is 12.5. The lowest BCUT2D eigenvalue weighted by molar-refractivity contribution is 0.00695. The third-order valence-electron chi connectivity index (χ3n) is 7.27. The summed E-state index contributed by atoms with van der Waals surface area (Å²) in [5.74, 6) is -0.0859. The van der Waals surface area contributed by atoms with Gasteiger partial charge in [-0.1, -0.05) is 78.9 Å². The lowest BCUT2D eigenvalue weighted by Gasteiger charge is -2.21. The quantitative estimate of drug-likeness (QED) is 0.366. The minimum atomic E-state index is -0.521. The van der Waals surface area contributed by atoms with Crippen LogP contribution in [0, 0.1) is 5.92 Å². The van der Waals surface area contributed by atoms with E-state index in [0.29, 0.717) is 5.56 Å². The normalized spacial score (nSPS) is 19.5. The van der Waals surface area contributed by atoms with Crippen LogP contribution in [0.1, 0.15) is 75.9 Å². The van der Waals surface area contributed by atoms with Crippen LogP contribution in [0.3, 0.4) is 0 Å². The first-order valence-corrected chi connectivity index (χ1v) is 13.6. The van der Waals surface area contributed by atoms with Crippen molar-refractivity contribution in [2.75, 3.05) is 0 Å². The number of carbonyl (C=O) groups is 1. The van der Waals surface area contributed by atoms with E-state index in [9.17, 15) is 4.79 Å². The molecule has 1 unspecified atom stereocenters. The van der Waals surface area contributed by atoms with E-state index in [1.54, 1.807) is 0 Å². The third kappa shape index (κ3) is 6.25. The van der Waals surface area contributed by atoms with Crippen molar-refractivity contribution in [3.63, 3.8) is 0 Å². The summed E-state index contributed by atoms with van der Waals surface area (Å²) >= 11 is 0. The van der Waals surface area contributed by atoms with Crippen molar-refractivity contribution in [3.8, 4) is 0 Å². The van der Waals surface area contributed by atoms with Gasteiger partial charge in [-0.25, -0.2) is 4.79 Å². The van der Waals surface area contributed by atoms with E-state index in [4.69, 9.17) is 4.74 Å². The third-order valence-corrected chi connectivity index (χ3v) is 7.27. The molecule has 0 spiro atoms. The Kier molecular flexibility index (Phi) is 8.21. The summed E-state index contributed by atoms with van der Waals surface area (Å²) in [6.45, 7) is 16.8. The van der Waals surface area contributed by atoms with Gasteiger partial charge in [0.05, 0.1) is 5.56 Å². The van der Waals surface area contributed by atoms with Gasteiger partial charge >= 0.3 is 5.97 Å². The average Bonchev–Trinajstić information content (AvgIpc) is 3.17. The van der Waals surface area contributed by atoms with Gasteiger partial charge in [0, 0.05) is 5.92 Å². The Morgan fingerprint density at radius 1 is 1.05 bits per heavy atom. The maximum Gasteiger partial charge on any atom is 0.338 e. The number of carbonyl (C=O) groups excluding carboxylic acids is 1. The first kappa shape index (κ1) is 27.4. The highest BCUT2D eigenvalue weighted by Gasteiger charge is 2.28. The lowest BCUT2D eigenvalue weighted by atomic mass is 9.84. The second-order valence-electron chi connectivity index (χ2n) is 11.4. The minimum absolute atomic E-state index is 0.217. The SMILES string of the molecule is C=C1C(c2ccc(C(=O)OC(C)(C)C)cc2)=CC(Cc2ccccc2)/C1=C/C(=C\C)C1=C(C)CCC=C1C. The molecule has 2 nitrogen and oxygen atoms in total. The summed E-state index contributed by atoms with van der Waals surface area (Å²) in [7, 11) is 0. The van der Waals surface area contributed by atoms with Gasteiger partial charge in [0.2, 0.25) is 0 Å². The number of benzene rings is 2. The van der Waals surface area contributed by atoms with E-state index in [0.717, 1.165) is 36.0 Å². The average molecular weight is 505 g/mol. The molecule has 0 bridgehead atoms. The first-order chi connectivity index (χ1) is 18.1. The van der Waals surface area contributed by atoms with Gasteiger partial charge in [0.25, 0.3) is 0 Å². The summed E-state index contributed by atoms with van der Waals surface area (Å²) in [6, 6.07) is 18.4. The fourth-order valence-electron chi connectivity index (χ4n) is 5.41.